The van der Waals surface area contributed by atoms with Gasteiger partial charge in [-0.25, -0.2) is 0 Å². The molecule has 4 heterocycles. The summed E-state index contributed by atoms with van der Waals surface area (Å²) in [5.41, 5.74) is 1.32. The molecule has 2 aromatic carbocycles. The van der Waals surface area contributed by atoms with Crippen molar-refractivity contribution in [2.24, 2.45) is 11.8 Å². The zero-order valence-corrected chi connectivity index (χ0v) is 18.9. The summed E-state index contributed by atoms with van der Waals surface area (Å²) in [5.74, 6) is -2.97. The Labute approximate surface area is 200 Å². The number of ether oxygens (including phenoxy) is 2. The number of benzene rings is 2. The van der Waals surface area contributed by atoms with Crippen molar-refractivity contribution < 1.29 is 33.8 Å². The molecule has 2 aromatic rings. The fourth-order valence-corrected chi connectivity index (χ4v) is 5.94. The highest BCUT2D eigenvalue weighted by Gasteiger charge is 2.70. The van der Waals surface area contributed by atoms with E-state index < -0.39 is 47.1 Å². The SMILES string of the molecule is Cc1cccc2c1NC(=O)[C@]21N[C@H](CCC(=O)O)[C@H]2C(=O)N(Cc3ccc4c(c3)OCO4)C(=O)[C@@H]21. The van der Waals surface area contributed by atoms with E-state index in [1.54, 1.807) is 24.3 Å². The second-order valence-corrected chi connectivity index (χ2v) is 9.40. The number of hydrogen-bond acceptors (Lipinski definition) is 7. The van der Waals surface area contributed by atoms with Gasteiger partial charge in [0.05, 0.1) is 18.4 Å². The van der Waals surface area contributed by atoms with Crippen LogP contribution in [0.1, 0.15) is 29.5 Å². The summed E-state index contributed by atoms with van der Waals surface area (Å²) < 4.78 is 10.7. The smallest absolute Gasteiger partial charge is 0.303 e. The van der Waals surface area contributed by atoms with E-state index >= 15 is 0 Å². The summed E-state index contributed by atoms with van der Waals surface area (Å²) in [6, 6.07) is 10.0. The molecule has 0 unspecified atom stereocenters. The van der Waals surface area contributed by atoms with E-state index in [-0.39, 0.29) is 26.2 Å². The van der Waals surface area contributed by atoms with Crippen LogP contribution in [-0.4, -0.2) is 46.5 Å². The Morgan fingerprint density at radius 2 is 1.94 bits per heavy atom. The minimum Gasteiger partial charge on any atom is -0.481 e. The lowest BCUT2D eigenvalue weighted by Gasteiger charge is -2.29. The van der Waals surface area contributed by atoms with Crippen LogP contribution in [0.25, 0.3) is 0 Å². The Hall–Kier alpha value is -3.92. The molecule has 0 bridgehead atoms. The molecule has 2 fully saturated rings. The van der Waals surface area contributed by atoms with E-state index in [2.05, 4.69) is 10.6 Å². The molecule has 0 aliphatic carbocycles. The van der Waals surface area contributed by atoms with E-state index in [0.717, 1.165) is 5.56 Å². The van der Waals surface area contributed by atoms with Crippen LogP contribution >= 0.6 is 0 Å². The van der Waals surface area contributed by atoms with E-state index in [1.165, 1.54) is 4.90 Å². The zero-order chi connectivity index (χ0) is 24.5. The number of carboxylic acid groups (broad SMARTS) is 1. The standard InChI is InChI=1S/C25H23N3O7/c1-12-3-2-4-14-21(12)26-24(33)25(14)20-19(15(27-25)6-8-18(29)30)22(31)28(23(20)32)10-13-5-7-16-17(9-13)35-11-34-16/h2-5,7,9,15,19-20,27H,6,8,10-11H2,1H3,(H,26,33)(H,29,30)/t15-,19-,20-,25+/m1/s1. The maximum Gasteiger partial charge on any atom is 0.303 e. The molecule has 10 heteroatoms. The minimum atomic E-state index is -1.44. The Kier molecular flexibility index (Phi) is 4.65. The molecule has 3 N–H and O–H groups in total. The summed E-state index contributed by atoms with van der Waals surface area (Å²) in [5, 5.41) is 15.4. The predicted octanol–water partition coefficient (Wildman–Crippen LogP) is 1.51. The van der Waals surface area contributed by atoms with Gasteiger partial charge >= 0.3 is 5.97 Å². The number of aryl methyl sites for hydroxylation is 1. The number of amides is 3. The lowest BCUT2D eigenvalue weighted by molar-refractivity contribution is -0.144. The first-order valence-electron chi connectivity index (χ1n) is 11.5. The number of nitrogens with zero attached hydrogens (tertiary/aromatic N) is 1. The zero-order valence-electron chi connectivity index (χ0n) is 18.9. The van der Waals surface area contributed by atoms with Crippen LogP contribution in [0.15, 0.2) is 36.4 Å². The molecule has 6 rings (SSSR count). The highest BCUT2D eigenvalue weighted by Crippen LogP contribution is 2.54. The number of anilines is 1. The van der Waals surface area contributed by atoms with E-state index in [0.29, 0.717) is 28.3 Å². The predicted molar refractivity (Wildman–Crippen MR) is 120 cm³/mol. The molecule has 35 heavy (non-hydrogen) atoms. The topological polar surface area (TPSA) is 134 Å². The Morgan fingerprint density at radius 3 is 2.74 bits per heavy atom. The van der Waals surface area contributed by atoms with Crippen molar-refractivity contribution in [2.75, 3.05) is 12.1 Å². The molecule has 2 saturated heterocycles. The van der Waals surface area contributed by atoms with Crippen molar-refractivity contribution >= 4 is 29.4 Å². The van der Waals surface area contributed by atoms with Crippen molar-refractivity contribution in [3.63, 3.8) is 0 Å². The average molecular weight is 477 g/mol. The summed E-state index contributed by atoms with van der Waals surface area (Å²) >= 11 is 0. The summed E-state index contributed by atoms with van der Waals surface area (Å²) in [4.78, 5) is 53.5. The van der Waals surface area contributed by atoms with Crippen LogP contribution in [0.5, 0.6) is 11.5 Å². The van der Waals surface area contributed by atoms with Crippen LogP contribution < -0.4 is 20.1 Å². The highest BCUT2D eigenvalue weighted by molar-refractivity contribution is 6.15. The summed E-state index contributed by atoms with van der Waals surface area (Å²) in [7, 11) is 0. The number of carbonyl (C=O) groups excluding carboxylic acids is 3. The van der Waals surface area contributed by atoms with Crippen LogP contribution in [0.2, 0.25) is 0 Å². The fourth-order valence-electron chi connectivity index (χ4n) is 5.94. The van der Waals surface area contributed by atoms with Crippen LogP contribution in [0, 0.1) is 18.8 Å². The molecule has 0 aromatic heterocycles. The van der Waals surface area contributed by atoms with Gasteiger partial charge < -0.3 is 19.9 Å². The van der Waals surface area contributed by atoms with Gasteiger partial charge in [-0.15, -0.1) is 0 Å². The quantitative estimate of drug-likeness (QED) is 0.552. The molecular weight excluding hydrogens is 454 g/mol. The van der Waals surface area contributed by atoms with Crippen molar-refractivity contribution in [3.05, 3.63) is 53.1 Å². The molecule has 10 nitrogen and oxygen atoms in total. The monoisotopic (exact) mass is 477 g/mol. The molecular formula is C25H23N3O7. The first-order chi connectivity index (χ1) is 16.8. The number of nitrogens with one attached hydrogen (secondary N) is 2. The van der Waals surface area contributed by atoms with E-state index in [9.17, 15) is 24.3 Å². The number of imide groups is 1. The van der Waals surface area contributed by atoms with Gasteiger partial charge in [-0.05, 0) is 36.6 Å². The van der Waals surface area contributed by atoms with Crippen LogP contribution in [0.3, 0.4) is 0 Å². The van der Waals surface area contributed by atoms with Crippen molar-refractivity contribution in [1.82, 2.24) is 10.2 Å². The third-order valence-electron chi connectivity index (χ3n) is 7.50. The number of rotatable bonds is 5. The van der Waals surface area contributed by atoms with Gasteiger partial charge in [-0.3, -0.25) is 29.4 Å². The molecule has 0 radical (unpaired) electrons. The number of fused-ring (bicyclic) bond motifs is 5. The highest BCUT2D eigenvalue weighted by atomic mass is 16.7. The van der Waals surface area contributed by atoms with Gasteiger partial charge in [0.1, 0.15) is 5.54 Å². The number of aliphatic carboxylic acids is 1. The van der Waals surface area contributed by atoms with Crippen LogP contribution in [-0.2, 0) is 31.3 Å². The number of para-hydroxylation sites is 1. The normalized spacial score (nSPS) is 28.0. The maximum absolute atomic E-state index is 13.8. The lowest BCUT2D eigenvalue weighted by Crippen LogP contribution is -2.53. The largest absolute Gasteiger partial charge is 0.481 e. The van der Waals surface area contributed by atoms with Gasteiger partial charge in [0.2, 0.25) is 24.5 Å². The summed E-state index contributed by atoms with van der Waals surface area (Å²) in [6.07, 6.45) is -0.0769. The van der Waals surface area contributed by atoms with Gasteiger partial charge in [0.25, 0.3) is 0 Å². The number of carbonyl (C=O) groups is 4. The first kappa shape index (κ1) is 21.6. The summed E-state index contributed by atoms with van der Waals surface area (Å²) in [6.45, 7) is 1.99. The van der Waals surface area contributed by atoms with Crippen molar-refractivity contribution in [3.8, 4) is 11.5 Å². The van der Waals surface area contributed by atoms with E-state index in [4.69, 9.17) is 9.47 Å². The second-order valence-electron chi connectivity index (χ2n) is 9.40. The van der Waals surface area contributed by atoms with E-state index in [1.807, 2.05) is 19.1 Å². The first-order valence-corrected chi connectivity index (χ1v) is 11.5. The van der Waals surface area contributed by atoms with Gasteiger partial charge in [-0.1, -0.05) is 24.3 Å². The van der Waals surface area contributed by atoms with Crippen molar-refractivity contribution in [2.45, 2.75) is 37.9 Å². The minimum absolute atomic E-state index is 0.0192. The molecule has 4 aliphatic rings. The second kappa shape index (κ2) is 7.54. The molecule has 4 atom stereocenters. The average Bonchev–Trinajstić information content (AvgIpc) is 3.55. The molecule has 3 amide bonds. The Bertz CT molecular complexity index is 1310. The van der Waals surface area contributed by atoms with Crippen LogP contribution in [0.4, 0.5) is 5.69 Å². The maximum atomic E-state index is 13.8. The molecule has 0 saturated carbocycles. The number of carboxylic acids is 1. The third-order valence-corrected chi connectivity index (χ3v) is 7.50. The fraction of sp³-hybridized carbons (Fsp3) is 0.360. The van der Waals surface area contributed by atoms with Gasteiger partial charge in [0, 0.05) is 23.7 Å². The van der Waals surface area contributed by atoms with Gasteiger partial charge in [-0.2, -0.15) is 0 Å². The van der Waals surface area contributed by atoms with Crippen molar-refractivity contribution in [1.29, 1.82) is 0 Å². The Morgan fingerprint density at radius 1 is 1.14 bits per heavy atom. The number of likely N-dealkylation sites (tertiary alicyclic amines) is 1. The third kappa shape index (κ3) is 2.99. The Balaban J connectivity index is 1.40. The molecule has 1 spiro atoms. The number of hydrogen-bond donors (Lipinski definition) is 3. The lowest BCUT2D eigenvalue weighted by atomic mass is 9.76. The molecule has 180 valence electrons. The van der Waals surface area contributed by atoms with Gasteiger partial charge in [0.15, 0.2) is 11.5 Å². The molecule has 4 aliphatic heterocycles.